The Morgan fingerprint density at radius 3 is 2.39 bits per heavy atom. The molecule has 1 aromatic carbocycles. The minimum absolute atomic E-state index is 0.0237. The van der Waals surface area contributed by atoms with Crippen LogP contribution in [0, 0.1) is 11.8 Å². The van der Waals surface area contributed by atoms with Gasteiger partial charge in [-0.05, 0) is 39.2 Å². The van der Waals surface area contributed by atoms with Gasteiger partial charge in [-0.2, -0.15) is 0 Å². The Morgan fingerprint density at radius 2 is 1.75 bits per heavy atom. The van der Waals surface area contributed by atoms with Crippen molar-refractivity contribution < 1.29 is 33.8 Å². The van der Waals surface area contributed by atoms with Crippen LogP contribution in [0.5, 0.6) is 0 Å². The summed E-state index contributed by atoms with van der Waals surface area (Å²) in [6.07, 6.45) is 3.91. The Balaban J connectivity index is 2.06. The lowest BCUT2D eigenvalue weighted by molar-refractivity contribution is -0.161. The summed E-state index contributed by atoms with van der Waals surface area (Å²) in [6.45, 7) is 5.67. The molecule has 0 radical (unpaired) electrons. The van der Waals surface area contributed by atoms with Gasteiger partial charge in [0, 0.05) is 19.5 Å². The second-order valence-corrected chi connectivity index (χ2v) is 9.81. The van der Waals surface area contributed by atoms with E-state index in [1.54, 1.807) is 37.8 Å². The van der Waals surface area contributed by atoms with Crippen LogP contribution in [0.25, 0.3) is 0 Å². The molecule has 198 valence electrons. The fourth-order valence-electron chi connectivity index (χ4n) is 3.80. The van der Waals surface area contributed by atoms with E-state index in [2.05, 4.69) is 5.32 Å². The maximum Gasteiger partial charge on any atom is 0.309 e. The number of benzene rings is 1. The van der Waals surface area contributed by atoms with Crippen LogP contribution in [-0.4, -0.2) is 65.7 Å². The van der Waals surface area contributed by atoms with Crippen molar-refractivity contribution in [3.8, 4) is 0 Å². The zero-order valence-corrected chi connectivity index (χ0v) is 21.4. The number of aliphatic hydroxyl groups excluding tert-OH is 1. The van der Waals surface area contributed by atoms with Crippen LogP contribution in [0.3, 0.4) is 0 Å². The van der Waals surface area contributed by atoms with Gasteiger partial charge in [-0.25, -0.2) is 0 Å². The molecule has 0 spiro atoms. The molecule has 0 saturated carbocycles. The fraction of sp³-hybridized carbons (Fsp3) is 0.556. The first kappa shape index (κ1) is 29.0. The van der Waals surface area contributed by atoms with Crippen molar-refractivity contribution >= 4 is 23.8 Å². The number of carbonyl (C=O) groups excluding carboxylic acids is 4. The van der Waals surface area contributed by atoms with Gasteiger partial charge in [0.25, 0.3) is 0 Å². The molecule has 2 N–H and O–H groups in total. The smallest absolute Gasteiger partial charge is 0.309 e. The number of amides is 2. The van der Waals surface area contributed by atoms with Crippen LogP contribution < -0.4 is 5.32 Å². The molecule has 9 nitrogen and oxygen atoms in total. The second-order valence-electron chi connectivity index (χ2n) is 9.81. The minimum atomic E-state index is -0.697. The lowest BCUT2D eigenvalue weighted by Crippen LogP contribution is -2.39. The van der Waals surface area contributed by atoms with Crippen LogP contribution in [0.2, 0.25) is 0 Å². The Kier molecular flexibility index (Phi) is 11.6. The molecule has 1 aliphatic rings. The molecule has 0 fully saturated rings. The fourth-order valence-corrected chi connectivity index (χ4v) is 3.80. The normalized spacial score (nSPS) is 20.2. The zero-order chi connectivity index (χ0) is 26.6. The molecule has 0 unspecified atom stereocenters. The minimum Gasteiger partial charge on any atom is -0.464 e. The third-order valence-electron chi connectivity index (χ3n) is 5.55. The topological polar surface area (TPSA) is 122 Å². The van der Waals surface area contributed by atoms with E-state index in [0.29, 0.717) is 13.0 Å². The van der Waals surface area contributed by atoms with E-state index in [9.17, 15) is 24.3 Å². The standard InChI is InChI=1S/C27H38N2O7/c1-27(2,3)36-24(32)18-22-12-8-7-11-21(25(33)28-13-16-35-26(22)34)17-23(31)29(14-15-30)19-20-9-5-4-6-10-20/h4-10,21-22,30H,11-19H2,1-3H3,(H,28,33)/b8-7-/t21-,22+/m0/s1. The predicted octanol–water partition coefficient (Wildman–Crippen LogP) is 2.37. The summed E-state index contributed by atoms with van der Waals surface area (Å²) in [7, 11) is 0. The third-order valence-corrected chi connectivity index (χ3v) is 5.55. The lowest BCUT2D eigenvalue weighted by Gasteiger charge is -2.24. The van der Waals surface area contributed by atoms with Crippen LogP contribution in [0.1, 0.15) is 52.0 Å². The molecule has 1 aliphatic heterocycles. The third kappa shape index (κ3) is 10.6. The van der Waals surface area contributed by atoms with E-state index < -0.39 is 29.4 Å². The van der Waals surface area contributed by atoms with E-state index in [4.69, 9.17) is 9.47 Å². The summed E-state index contributed by atoms with van der Waals surface area (Å²) >= 11 is 0. The Bertz CT molecular complexity index is 908. The molecule has 0 aliphatic carbocycles. The van der Waals surface area contributed by atoms with Crippen LogP contribution in [0.4, 0.5) is 0 Å². The Morgan fingerprint density at radius 1 is 1.08 bits per heavy atom. The van der Waals surface area contributed by atoms with Gasteiger partial charge in [-0.3, -0.25) is 19.2 Å². The Hall–Kier alpha value is -3.20. The number of allylic oxidation sites excluding steroid dienone is 2. The van der Waals surface area contributed by atoms with Gasteiger partial charge < -0.3 is 24.8 Å². The highest BCUT2D eigenvalue weighted by atomic mass is 16.6. The summed E-state index contributed by atoms with van der Waals surface area (Å²) in [5.41, 5.74) is 0.275. The summed E-state index contributed by atoms with van der Waals surface area (Å²) in [6, 6.07) is 9.45. The van der Waals surface area contributed by atoms with Crippen molar-refractivity contribution in [3.63, 3.8) is 0 Å². The number of nitrogens with one attached hydrogen (secondary N) is 1. The van der Waals surface area contributed by atoms with Gasteiger partial charge in [-0.1, -0.05) is 42.5 Å². The monoisotopic (exact) mass is 502 g/mol. The molecule has 9 heteroatoms. The number of esters is 2. The van der Waals surface area contributed by atoms with Crippen molar-refractivity contribution in [1.29, 1.82) is 0 Å². The number of carbonyl (C=O) groups is 4. The van der Waals surface area contributed by atoms with Gasteiger partial charge in [-0.15, -0.1) is 0 Å². The molecule has 36 heavy (non-hydrogen) atoms. The van der Waals surface area contributed by atoms with Crippen LogP contribution in [-0.2, 0) is 35.2 Å². The number of hydrogen-bond acceptors (Lipinski definition) is 7. The summed E-state index contributed by atoms with van der Waals surface area (Å²) in [5, 5.41) is 12.2. The molecule has 0 bridgehead atoms. The van der Waals surface area contributed by atoms with Gasteiger partial charge >= 0.3 is 11.9 Å². The van der Waals surface area contributed by atoms with Crippen molar-refractivity contribution in [2.45, 2.75) is 58.6 Å². The molecule has 0 aromatic heterocycles. The SMILES string of the molecule is CC(C)(C)OC(=O)C[C@H]1C/C=C\C[C@@H](CC(=O)N(CCO)Cc2ccccc2)C(=O)NCCOC1=O. The van der Waals surface area contributed by atoms with Gasteiger partial charge in [0.05, 0.1) is 31.4 Å². The number of aliphatic hydroxyl groups is 1. The largest absolute Gasteiger partial charge is 0.464 e. The molecule has 2 rings (SSSR count). The number of cyclic esters (lactones) is 1. The average Bonchev–Trinajstić information content (AvgIpc) is 2.81. The predicted molar refractivity (Wildman–Crippen MR) is 133 cm³/mol. The maximum atomic E-state index is 13.0. The lowest BCUT2D eigenvalue weighted by atomic mass is 9.96. The number of nitrogens with zero attached hydrogens (tertiary/aromatic N) is 1. The molecular formula is C27H38N2O7. The van der Waals surface area contributed by atoms with Crippen LogP contribution in [0.15, 0.2) is 42.5 Å². The van der Waals surface area contributed by atoms with Gasteiger partial charge in [0.15, 0.2) is 0 Å². The summed E-state index contributed by atoms with van der Waals surface area (Å²) in [4.78, 5) is 52.1. The Labute approximate surface area is 212 Å². The van der Waals surface area contributed by atoms with E-state index in [1.807, 2.05) is 30.3 Å². The van der Waals surface area contributed by atoms with Crippen LogP contribution >= 0.6 is 0 Å². The molecular weight excluding hydrogens is 464 g/mol. The molecule has 2 amide bonds. The maximum absolute atomic E-state index is 13.0. The number of ether oxygens (including phenoxy) is 2. The number of rotatable bonds is 8. The van der Waals surface area contributed by atoms with Crippen molar-refractivity contribution in [1.82, 2.24) is 10.2 Å². The summed E-state index contributed by atoms with van der Waals surface area (Å²) in [5.74, 6) is -2.86. The first-order chi connectivity index (χ1) is 17.1. The first-order valence-electron chi connectivity index (χ1n) is 12.3. The quantitative estimate of drug-likeness (QED) is 0.413. The zero-order valence-electron chi connectivity index (χ0n) is 21.4. The molecule has 2 atom stereocenters. The van der Waals surface area contributed by atoms with E-state index in [-0.39, 0.29) is 57.4 Å². The van der Waals surface area contributed by atoms with Gasteiger partial charge in [0.2, 0.25) is 11.8 Å². The van der Waals surface area contributed by atoms with Crippen molar-refractivity contribution in [2.75, 3.05) is 26.3 Å². The molecule has 1 heterocycles. The highest BCUT2D eigenvalue weighted by Gasteiger charge is 2.28. The second kappa shape index (κ2) is 14.4. The average molecular weight is 503 g/mol. The summed E-state index contributed by atoms with van der Waals surface area (Å²) < 4.78 is 10.6. The van der Waals surface area contributed by atoms with Gasteiger partial charge in [0.1, 0.15) is 12.2 Å². The van der Waals surface area contributed by atoms with Crippen molar-refractivity contribution in [2.24, 2.45) is 11.8 Å². The molecule has 0 saturated heterocycles. The van der Waals surface area contributed by atoms with Crippen molar-refractivity contribution in [3.05, 3.63) is 48.0 Å². The van der Waals surface area contributed by atoms with E-state index in [0.717, 1.165) is 5.56 Å². The van der Waals surface area contributed by atoms with E-state index >= 15 is 0 Å². The highest BCUT2D eigenvalue weighted by Crippen LogP contribution is 2.19. The molecule has 1 aromatic rings. The highest BCUT2D eigenvalue weighted by molar-refractivity contribution is 5.86. The first-order valence-corrected chi connectivity index (χ1v) is 12.3. The van der Waals surface area contributed by atoms with E-state index in [1.165, 1.54) is 0 Å². The number of hydrogen-bond donors (Lipinski definition) is 2.